The molecular weight excluding hydrogens is 346 g/mol. The van der Waals surface area contributed by atoms with Crippen LogP contribution in [-0.2, 0) is 19.7 Å². The van der Waals surface area contributed by atoms with Crippen molar-refractivity contribution < 1.29 is 37.0 Å². The molecule has 1 saturated heterocycles. The first-order valence-corrected chi connectivity index (χ1v) is 7.58. The summed E-state index contributed by atoms with van der Waals surface area (Å²) >= 11 is 0. The van der Waals surface area contributed by atoms with Crippen LogP contribution in [0.5, 0.6) is 0 Å². The number of nitrogens with one attached hydrogen (secondary N) is 1. The van der Waals surface area contributed by atoms with Gasteiger partial charge in [-0.15, -0.1) is 0 Å². The molecule has 9 heteroatoms. The Balaban J connectivity index is 2.31. The molecule has 1 fully saturated rings. The zero-order valence-electron chi connectivity index (χ0n) is 13.1. The number of ether oxygens (including phenoxy) is 1. The molecular formula is C16H17F4NO4. The van der Waals surface area contributed by atoms with Gasteiger partial charge >= 0.3 is 12.1 Å². The summed E-state index contributed by atoms with van der Waals surface area (Å²) in [6, 6.07) is 3.08. The van der Waals surface area contributed by atoms with E-state index in [1.807, 2.05) is 5.32 Å². The summed E-state index contributed by atoms with van der Waals surface area (Å²) in [6.07, 6.45) is -6.22. The maximum atomic E-state index is 13.6. The van der Waals surface area contributed by atoms with Crippen LogP contribution in [0.25, 0.3) is 0 Å². The van der Waals surface area contributed by atoms with Crippen LogP contribution >= 0.6 is 0 Å². The number of rotatable bonds is 5. The normalized spacial score (nSPS) is 18.4. The summed E-state index contributed by atoms with van der Waals surface area (Å²) < 4.78 is 56.4. The third-order valence-corrected chi connectivity index (χ3v) is 4.20. The molecule has 2 rings (SSSR count). The average molecular weight is 363 g/mol. The van der Waals surface area contributed by atoms with Gasteiger partial charge in [0.1, 0.15) is 11.9 Å². The highest BCUT2D eigenvalue weighted by molar-refractivity contribution is 5.91. The van der Waals surface area contributed by atoms with E-state index in [0.29, 0.717) is 0 Å². The fraction of sp³-hybridized carbons (Fsp3) is 0.500. The number of amides is 1. The summed E-state index contributed by atoms with van der Waals surface area (Å²) in [5.41, 5.74) is -1.05. The van der Waals surface area contributed by atoms with Gasteiger partial charge in [0.05, 0.1) is 11.8 Å². The molecule has 1 aliphatic rings. The van der Waals surface area contributed by atoms with E-state index in [-0.39, 0.29) is 31.6 Å². The molecule has 5 nitrogen and oxygen atoms in total. The highest BCUT2D eigenvalue weighted by Gasteiger charge is 2.45. The van der Waals surface area contributed by atoms with Gasteiger partial charge in [-0.2, -0.15) is 13.2 Å². The minimum absolute atomic E-state index is 0.112. The first-order valence-electron chi connectivity index (χ1n) is 7.58. The SMILES string of the molecule is O=C(O)C(CC(F)(F)F)NC(=O)C1(c2cccc(F)c2)CCOCC1. The number of carbonyl (C=O) groups is 2. The summed E-state index contributed by atoms with van der Waals surface area (Å²) in [6.45, 7) is 0.307. The molecule has 0 saturated carbocycles. The van der Waals surface area contributed by atoms with Crippen molar-refractivity contribution in [1.29, 1.82) is 0 Å². The number of halogens is 4. The van der Waals surface area contributed by atoms with Gasteiger partial charge in [-0.05, 0) is 30.5 Å². The van der Waals surface area contributed by atoms with E-state index in [2.05, 4.69) is 0 Å². The lowest BCUT2D eigenvalue weighted by molar-refractivity contribution is -0.161. The largest absolute Gasteiger partial charge is 0.480 e. The van der Waals surface area contributed by atoms with E-state index in [9.17, 15) is 27.2 Å². The first-order chi connectivity index (χ1) is 11.6. The molecule has 0 aliphatic carbocycles. The van der Waals surface area contributed by atoms with Crippen molar-refractivity contribution >= 4 is 11.9 Å². The van der Waals surface area contributed by atoms with Crippen LogP contribution in [0.4, 0.5) is 17.6 Å². The molecule has 1 aliphatic heterocycles. The first kappa shape index (κ1) is 19.2. The lowest BCUT2D eigenvalue weighted by Crippen LogP contribution is -2.53. The maximum absolute atomic E-state index is 13.6. The summed E-state index contributed by atoms with van der Waals surface area (Å²) in [7, 11) is 0. The van der Waals surface area contributed by atoms with E-state index >= 15 is 0 Å². The van der Waals surface area contributed by atoms with Crippen molar-refractivity contribution in [3.8, 4) is 0 Å². The van der Waals surface area contributed by atoms with E-state index in [0.717, 1.165) is 6.07 Å². The number of aliphatic carboxylic acids is 1. The summed E-state index contributed by atoms with van der Waals surface area (Å²) in [4.78, 5) is 23.8. The molecule has 1 atom stereocenters. The summed E-state index contributed by atoms with van der Waals surface area (Å²) in [5, 5.41) is 10.9. The second-order valence-corrected chi connectivity index (χ2v) is 5.89. The fourth-order valence-electron chi connectivity index (χ4n) is 2.88. The van der Waals surface area contributed by atoms with Gasteiger partial charge < -0.3 is 15.2 Å². The third-order valence-electron chi connectivity index (χ3n) is 4.20. The Morgan fingerprint density at radius 1 is 1.28 bits per heavy atom. The number of hydrogen-bond donors (Lipinski definition) is 2. The minimum Gasteiger partial charge on any atom is -0.480 e. The molecule has 1 amide bonds. The molecule has 1 heterocycles. The zero-order chi connectivity index (χ0) is 18.7. The van der Waals surface area contributed by atoms with Gasteiger partial charge in [0.15, 0.2) is 0 Å². The maximum Gasteiger partial charge on any atom is 0.391 e. The lowest BCUT2D eigenvalue weighted by Gasteiger charge is -2.37. The van der Waals surface area contributed by atoms with Crippen LogP contribution in [0.3, 0.4) is 0 Å². The summed E-state index contributed by atoms with van der Waals surface area (Å²) in [5.74, 6) is -3.26. The van der Waals surface area contributed by atoms with Crippen molar-refractivity contribution in [1.82, 2.24) is 5.32 Å². The predicted octanol–water partition coefficient (Wildman–Crippen LogP) is 2.40. The van der Waals surface area contributed by atoms with Crippen LogP contribution in [0.15, 0.2) is 24.3 Å². The molecule has 1 unspecified atom stereocenters. The van der Waals surface area contributed by atoms with Crippen molar-refractivity contribution in [3.05, 3.63) is 35.6 Å². The smallest absolute Gasteiger partial charge is 0.391 e. The number of carboxylic acids is 1. The second kappa shape index (κ2) is 7.38. The molecule has 1 aromatic carbocycles. The van der Waals surface area contributed by atoms with Crippen LogP contribution in [0.1, 0.15) is 24.8 Å². The van der Waals surface area contributed by atoms with Gasteiger partial charge in [-0.3, -0.25) is 4.79 Å². The highest BCUT2D eigenvalue weighted by Crippen LogP contribution is 2.36. The molecule has 25 heavy (non-hydrogen) atoms. The van der Waals surface area contributed by atoms with Crippen LogP contribution in [-0.4, -0.2) is 42.4 Å². The van der Waals surface area contributed by atoms with Crippen molar-refractivity contribution in [2.45, 2.75) is 36.9 Å². The predicted molar refractivity (Wildman–Crippen MR) is 78.4 cm³/mol. The highest BCUT2D eigenvalue weighted by atomic mass is 19.4. The fourth-order valence-corrected chi connectivity index (χ4v) is 2.88. The molecule has 0 aromatic heterocycles. The van der Waals surface area contributed by atoms with E-state index in [1.54, 1.807) is 0 Å². The standard InChI is InChI=1S/C16H17F4NO4/c17-11-3-1-2-10(8-11)15(4-6-25-7-5-15)14(24)21-12(13(22)23)9-16(18,19)20/h1-3,8,12H,4-7,9H2,(H,21,24)(H,22,23). The monoisotopic (exact) mass is 363 g/mol. The van der Waals surface area contributed by atoms with Gasteiger partial charge in [-0.1, -0.05) is 12.1 Å². The van der Waals surface area contributed by atoms with Crippen molar-refractivity contribution in [2.24, 2.45) is 0 Å². The Kier molecular flexibility index (Phi) is 5.66. The van der Waals surface area contributed by atoms with Gasteiger partial charge in [0.25, 0.3) is 0 Å². The van der Waals surface area contributed by atoms with E-state index in [4.69, 9.17) is 9.84 Å². The Morgan fingerprint density at radius 2 is 1.92 bits per heavy atom. The zero-order valence-corrected chi connectivity index (χ0v) is 13.1. The minimum atomic E-state index is -4.75. The van der Waals surface area contributed by atoms with E-state index in [1.165, 1.54) is 18.2 Å². The second-order valence-electron chi connectivity index (χ2n) is 5.89. The van der Waals surface area contributed by atoms with Crippen LogP contribution < -0.4 is 5.32 Å². The van der Waals surface area contributed by atoms with Crippen molar-refractivity contribution in [2.75, 3.05) is 13.2 Å². The Hall–Kier alpha value is -2.16. The van der Waals surface area contributed by atoms with Gasteiger partial charge in [0.2, 0.25) is 5.91 Å². The number of benzene rings is 1. The number of hydrogen-bond acceptors (Lipinski definition) is 3. The quantitative estimate of drug-likeness (QED) is 0.788. The van der Waals surface area contributed by atoms with E-state index < -0.39 is 41.7 Å². The number of carbonyl (C=O) groups excluding carboxylic acids is 1. The number of alkyl halides is 3. The Morgan fingerprint density at radius 3 is 2.44 bits per heavy atom. The Bertz CT molecular complexity index is 641. The van der Waals surface area contributed by atoms with Gasteiger partial charge in [-0.25, -0.2) is 9.18 Å². The van der Waals surface area contributed by atoms with Crippen LogP contribution in [0.2, 0.25) is 0 Å². The van der Waals surface area contributed by atoms with Crippen LogP contribution in [0, 0.1) is 5.82 Å². The lowest BCUT2D eigenvalue weighted by atomic mass is 9.73. The van der Waals surface area contributed by atoms with Crippen molar-refractivity contribution in [3.63, 3.8) is 0 Å². The number of carboxylic acid groups (broad SMARTS) is 1. The molecule has 2 N–H and O–H groups in total. The molecule has 0 radical (unpaired) electrons. The average Bonchev–Trinajstić information content (AvgIpc) is 2.53. The van der Waals surface area contributed by atoms with Gasteiger partial charge in [0, 0.05) is 13.2 Å². The molecule has 0 spiro atoms. The Labute approximate surface area is 141 Å². The third kappa shape index (κ3) is 4.68. The molecule has 0 bridgehead atoms. The molecule has 138 valence electrons. The topological polar surface area (TPSA) is 75.6 Å². The molecule has 1 aromatic rings.